The van der Waals surface area contributed by atoms with Crippen LogP contribution in [0.4, 0.5) is 9.18 Å². The third-order valence-corrected chi connectivity index (χ3v) is 7.28. The number of nitrogens with one attached hydrogen (secondary N) is 3. The molecule has 3 atom stereocenters. The highest BCUT2D eigenvalue weighted by Gasteiger charge is 2.42. The summed E-state index contributed by atoms with van der Waals surface area (Å²) in [6.07, 6.45) is 5.80. The van der Waals surface area contributed by atoms with Gasteiger partial charge in [-0.1, -0.05) is 43.0 Å². The minimum Gasteiger partial charge on any atom is -0.348 e. The van der Waals surface area contributed by atoms with Gasteiger partial charge in [-0.3, -0.25) is 4.79 Å². The van der Waals surface area contributed by atoms with Crippen LogP contribution >= 0.6 is 23.2 Å². The van der Waals surface area contributed by atoms with Crippen LogP contribution in [0.2, 0.25) is 10.0 Å². The van der Waals surface area contributed by atoms with Crippen LogP contribution in [-0.2, 0) is 4.79 Å². The predicted molar refractivity (Wildman–Crippen MR) is 113 cm³/mol. The van der Waals surface area contributed by atoms with Crippen molar-refractivity contribution in [2.75, 3.05) is 7.05 Å². The lowest BCUT2D eigenvalue weighted by Crippen LogP contribution is -2.42. The standard InChI is InChI=1S/C21H28Cl2FN3O2/c1-21(9-3-4-10-21)18(16-15(24)8-7-14(22)17(16)23)27-19(28)12-5-6-13(11-12)26-20(29)25-2/h7-8,12-13,18H,3-6,9-11H2,1-2H3,(H,27,28)(H2,25,26,29)/t12-,13-,18+/m1/s1. The molecular formula is C21H28Cl2FN3O2. The largest absolute Gasteiger partial charge is 0.348 e. The first-order chi connectivity index (χ1) is 13.7. The average molecular weight is 444 g/mol. The number of carbonyl (C=O) groups excluding carboxylic acids is 2. The Morgan fingerprint density at radius 1 is 1.21 bits per heavy atom. The first-order valence-corrected chi connectivity index (χ1v) is 10.9. The van der Waals surface area contributed by atoms with E-state index in [9.17, 15) is 14.0 Å². The van der Waals surface area contributed by atoms with E-state index in [-0.39, 0.29) is 44.9 Å². The highest BCUT2D eigenvalue weighted by Crippen LogP contribution is 2.50. The van der Waals surface area contributed by atoms with Crippen molar-refractivity contribution in [2.24, 2.45) is 11.3 Å². The number of carbonyl (C=O) groups is 2. The molecule has 3 amide bonds. The summed E-state index contributed by atoms with van der Waals surface area (Å²) in [5.74, 6) is -0.811. The third kappa shape index (κ3) is 4.80. The van der Waals surface area contributed by atoms with Gasteiger partial charge in [0.15, 0.2) is 0 Å². The van der Waals surface area contributed by atoms with E-state index < -0.39 is 11.9 Å². The molecular weight excluding hydrogens is 416 g/mol. The minimum absolute atomic E-state index is 0.0438. The maximum atomic E-state index is 14.8. The smallest absolute Gasteiger partial charge is 0.314 e. The fraction of sp³-hybridized carbons (Fsp3) is 0.619. The normalized spacial score (nSPS) is 24.2. The summed E-state index contributed by atoms with van der Waals surface area (Å²) >= 11 is 12.6. The molecule has 0 unspecified atom stereocenters. The Hall–Kier alpha value is -1.53. The molecule has 2 saturated carbocycles. The first kappa shape index (κ1) is 22.2. The zero-order valence-corrected chi connectivity index (χ0v) is 18.3. The van der Waals surface area contributed by atoms with Crippen molar-refractivity contribution in [1.29, 1.82) is 0 Å². The quantitative estimate of drug-likeness (QED) is 0.562. The Balaban J connectivity index is 1.81. The zero-order valence-electron chi connectivity index (χ0n) is 16.8. The Morgan fingerprint density at radius 3 is 2.55 bits per heavy atom. The van der Waals surface area contributed by atoms with Gasteiger partial charge in [-0.2, -0.15) is 0 Å². The number of rotatable bonds is 5. The van der Waals surface area contributed by atoms with Crippen LogP contribution in [0.5, 0.6) is 0 Å². The number of benzene rings is 1. The summed E-state index contributed by atoms with van der Waals surface area (Å²) in [7, 11) is 1.56. The van der Waals surface area contributed by atoms with Gasteiger partial charge in [-0.05, 0) is 49.7 Å². The number of hydrogen-bond donors (Lipinski definition) is 3. The average Bonchev–Trinajstić information content (AvgIpc) is 3.34. The Bertz CT molecular complexity index is 783. The lowest BCUT2D eigenvalue weighted by atomic mass is 9.76. The van der Waals surface area contributed by atoms with E-state index in [0.717, 1.165) is 32.1 Å². The first-order valence-electron chi connectivity index (χ1n) is 10.2. The van der Waals surface area contributed by atoms with Crippen molar-refractivity contribution in [3.63, 3.8) is 0 Å². The van der Waals surface area contributed by atoms with Gasteiger partial charge in [0.05, 0.1) is 16.1 Å². The second-order valence-electron chi connectivity index (χ2n) is 8.49. The van der Waals surface area contributed by atoms with E-state index >= 15 is 0 Å². The molecule has 0 heterocycles. The molecule has 160 valence electrons. The Labute approximate surface area is 181 Å². The minimum atomic E-state index is -0.547. The maximum Gasteiger partial charge on any atom is 0.314 e. The highest BCUT2D eigenvalue weighted by atomic mass is 35.5. The van der Waals surface area contributed by atoms with Crippen LogP contribution in [0.3, 0.4) is 0 Å². The number of halogens is 3. The number of urea groups is 1. The van der Waals surface area contributed by atoms with Gasteiger partial charge in [0.2, 0.25) is 5.91 Å². The molecule has 2 aliphatic rings. The Morgan fingerprint density at radius 2 is 1.90 bits per heavy atom. The molecule has 1 aromatic carbocycles. The van der Waals surface area contributed by atoms with Crippen LogP contribution in [0, 0.1) is 17.2 Å². The predicted octanol–water partition coefficient (Wildman–Crippen LogP) is 4.97. The van der Waals surface area contributed by atoms with Crippen molar-refractivity contribution in [3.8, 4) is 0 Å². The van der Waals surface area contributed by atoms with Crippen molar-refractivity contribution in [2.45, 2.75) is 64.0 Å². The van der Waals surface area contributed by atoms with Gasteiger partial charge >= 0.3 is 6.03 Å². The van der Waals surface area contributed by atoms with Gasteiger partial charge in [-0.25, -0.2) is 9.18 Å². The summed E-state index contributed by atoms with van der Waals surface area (Å²) in [5, 5.41) is 8.93. The van der Waals surface area contributed by atoms with E-state index in [0.29, 0.717) is 12.8 Å². The molecule has 0 aliphatic heterocycles. The number of hydrogen-bond acceptors (Lipinski definition) is 2. The number of amides is 3. The molecule has 0 radical (unpaired) electrons. The van der Waals surface area contributed by atoms with Crippen molar-refractivity contribution in [3.05, 3.63) is 33.6 Å². The van der Waals surface area contributed by atoms with Gasteiger partial charge in [0, 0.05) is 24.6 Å². The molecule has 1 aromatic rings. The van der Waals surface area contributed by atoms with Gasteiger partial charge in [-0.15, -0.1) is 0 Å². The van der Waals surface area contributed by atoms with Gasteiger partial charge in [0.25, 0.3) is 0 Å². The van der Waals surface area contributed by atoms with E-state index in [1.165, 1.54) is 12.1 Å². The van der Waals surface area contributed by atoms with Crippen LogP contribution in [-0.4, -0.2) is 25.0 Å². The lowest BCUT2D eigenvalue weighted by Gasteiger charge is -2.36. The molecule has 5 nitrogen and oxygen atoms in total. The topological polar surface area (TPSA) is 70.2 Å². The third-order valence-electron chi connectivity index (χ3n) is 6.46. The molecule has 29 heavy (non-hydrogen) atoms. The SMILES string of the molecule is CNC(=O)N[C@@H]1CC[C@@H](C(=O)N[C@@H](c2c(F)ccc(Cl)c2Cl)C2(C)CCCC2)C1. The van der Waals surface area contributed by atoms with E-state index in [4.69, 9.17) is 23.2 Å². The monoisotopic (exact) mass is 443 g/mol. The van der Waals surface area contributed by atoms with Crippen molar-refractivity contribution >= 4 is 35.1 Å². The fourth-order valence-corrected chi connectivity index (χ4v) is 5.17. The molecule has 0 spiro atoms. The van der Waals surface area contributed by atoms with Gasteiger partial charge < -0.3 is 16.0 Å². The summed E-state index contributed by atoms with van der Waals surface area (Å²) in [6.45, 7) is 2.08. The van der Waals surface area contributed by atoms with Crippen LogP contribution in [0.25, 0.3) is 0 Å². The molecule has 0 aromatic heterocycles. The molecule has 3 N–H and O–H groups in total. The molecule has 2 fully saturated rings. The summed E-state index contributed by atoms with van der Waals surface area (Å²) in [6, 6.07) is 1.90. The molecule has 3 rings (SSSR count). The second kappa shape index (κ2) is 9.09. The highest BCUT2D eigenvalue weighted by molar-refractivity contribution is 6.42. The summed E-state index contributed by atoms with van der Waals surface area (Å²) in [5.41, 5.74) is -0.0154. The molecule has 2 aliphatic carbocycles. The fourth-order valence-electron chi connectivity index (χ4n) is 4.74. The molecule has 0 saturated heterocycles. The molecule has 8 heteroatoms. The van der Waals surface area contributed by atoms with E-state index in [2.05, 4.69) is 22.9 Å². The summed E-state index contributed by atoms with van der Waals surface area (Å²) in [4.78, 5) is 24.6. The zero-order chi connectivity index (χ0) is 21.2. The maximum absolute atomic E-state index is 14.8. The Kier molecular flexibility index (Phi) is 6.94. The summed E-state index contributed by atoms with van der Waals surface area (Å²) < 4.78 is 14.8. The van der Waals surface area contributed by atoms with Crippen LogP contribution < -0.4 is 16.0 Å². The van der Waals surface area contributed by atoms with E-state index in [1.807, 2.05) is 0 Å². The molecule has 0 bridgehead atoms. The lowest BCUT2D eigenvalue weighted by molar-refractivity contribution is -0.126. The van der Waals surface area contributed by atoms with E-state index in [1.54, 1.807) is 7.05 Å². The van der Waals surface area contributed by atoms with Crippen LogP contribution in [0.1, 0.15) is 63.5 Å². The van der Waals surface area contributed by atoms with Crippen LogP contribution in [0.15, 0.2) is 12.1 Å². The van der Waals surface area contributed by atoms with Crippen molar-refractivity contribution in [1.82, 2.24) is 16.0 Å². The van der Waals surface area contributed by atoms with Crippen molar-refractivity contribution < 1.29 is 14.0 Å². The second-order valence-corrected chi connectivity index (χ2v) is 9.28. The van der Waals surface area contributed by atoms with Gasteiger partial charge in [0.1, 0.15) is 5.82 Å².